The first-order chi connectivity index (χ1) is 14.3. The van der Waals surface area contributed by atoms with Crippen LogP contribution < -0.4 is 0 Å². The molecule has 0 saturated heterocycles. The largest absolute Gasteiger partial charge is 0.350 e. The second-order valence-corrected chi connectivity index (χ2v) is 6.93. The van der Waals surface area contributed by atoms with E-state index in [0.29, 0.717) is 31.7 Å². The van der Waals surface area contributed by atoms with Gasteiger partial charge in [0.25, 0.3) is 5.91 Å². The Bertz CT molecular complexity index is 1110. The summed E-state index contributed by atoms with van der Waals surface area (Å²) in [5.74, 6) is 1.71. The summed E-state index contributed by atoms with van der Waals surface area (Å²) in [6.45, 7) is 1.71. The Morgan fingerprint density at radius 2 is 1.62 bits per heavy atom. The molecule has 0 atom stereocenters. The summed E-state index contributed by atoms with van der Waals surface area (Å²) in [5, 5.41) is 8.67. The van der Waals surface area contributed by atoms with E-state index < -0.39 is 0 Å². The minimum absolute atomic E-state index is 0.159. The molecule has 1 amide bonds. The molecule has 144 valence electrons. The molecule has 0 unspecified atom stereocenters. The molecule has 0 spiro atoms. The van der Waals surface area contributed by atoms with E-state index >= 15 is 0 Å². The summed E-state index contributed by atoms with van der Waals surface area (Å²) in [4.78, 5) is 19.3. The van der Waals surface area contributed by atoms with Gasteiger partial charge in [0.2, 0.25) is 5.76 Å². The highest BCUT2D eigenvalue weighted by Gasteiger charge is 2.25. The number of fused-ring (bicyclic) bond motifs is 1. The monoisotopic (exact) mass is 385 g/mol. The molecule has 7 heteroatoms. The highest BCUT2D eigenvalue weighted by Crippen LogP contribution is 2.21. The number of rotatable bonds is 3. The maximum Gasteiger partial charge on any atom is 0.292 e. The maximum atomic E-state index is 12.9. The average molecular weight is 385 g/mol. The number of hydrogen-bond acceptors (Lipinski definition) is 5. The fourth-order valence-corrected chi connectivity index (χ4v) is 3.49. The van der Waals surface area contributed by atoms with Crippen molar-refractivity contribution in [2.45, 2.75) is 13.0 Å². The van der Waals surface area contributed by atoms with Crippen molar-refractivity contribution in [3.8, 4) is 22.6 Å². The second kappa shape index (κ2) is 7.35. The van der Waals surface area contributed by atoms with Crippen LogP contribution in [0.25, 0.3) is 22.6 Å². The zero-order chi connectivity index (χ0) is 19.6. The Balaban J connectivity index is 1.30. The summed E-state index contributed by atoms with van der Waals surface area (Å²) >= 11 is 0. The van der Waals surface area contributed by atoms with Crippen molar-refractivity contribution in [1.82, 2.24) is 24.8 Å². The quantitative estimate of drug-likeness (QED) is 0.541. The number of carbonyl (C=O) groups excluding carboxylic acids is 1. The molecule has 2 aromatic heterocycles. The highest BCUT2D eigenvalue weighted by molar-refractivity contribution is 5.92. The Morgan fingerprint density at radius 3 is 2.38 bits per heavy atom. The summed E-state index contributed by atoms with van der Waals surface area (Å²) in [6.07, 6.45) is 0.644. The summed E-state index contributed by atoms with van der Waals surface area (Å²) in [5.41, 5.74) is 2.57. The SMILES string of the molecule is O=C(c1cc(-c2ccccc2)no1)N1CCc2nc(-c3ccccc3)nn2CC1. The molecule has 0 saturated carbocycles. The lowest BCUT2D eigenvalue weighted by molar-refractivity contribution is 0.0716. The highest BCUT2D eigenvalue weighted by atomic mass is 16.5. The van der Waals surface area contributed by atoms with Crippen LogP contribution in [0, 0.1) is 0 Å². The van der Waals surface area contributed by atoms with Crippen LogP contribution in [0.4, 0.5) is 0 Å². The van der Waals surface area contributed by atoms with Crippen molar-refractivity contribution >= 4 is 5.91 Å². The van der Waals surface area contributed by atoms with Crippen molar-refractivity contribution < 1.29 is 9.32 Å². The third kappa shape index (κ3) is 3.42. The Kier molecular flexibility index (Phi) is 4.40. The average Bonchev–Trinajstić information content (AvgIpc) is 3.38. The van der Waals surface area contributed by atoms with Crippen molar-refractivity contribution in [2.75, 3.05) is 13.1 Å². The van der Waals surface area contributed by atoms with Gasteiger partial charge in [-0.3, -0.25) is 4.79 Å². The summed E-state index contributed by atoms with van der Waals surface area (Å²) in [6, 6.07) is 21.3. The molecule has 0 bridgehead atoms. The number of carbonyl (C=O) groups is 1. The minimum Gasteiger partial charge on any atom is -0.350 e. The zero-order valence-corrected chi connectivity index (χ0v) is 15.7. The van der Waals surface area contributed by atoms with Gasteiger partial charge in [-0.05, 0) is 0 Å². The van der Waals surface area contributed by atoms with Crippen LogP contribution in [0.1, 0.15) is 16.4 Å². The molecule has 0 aliphatic carbocycles. The van der Waals surface area contributed by atoms with Crippen LogP contribution in [-0.4, -0.2) is 43.8 Å². The first kappa shape index (κ1) is 17.4. The lowest BCUT2D eigenvalue weighted by atomic mass is 10.1. The molecule has 29 heavy (non-hydrogen) atoms. The van der Waals surface area contributed by atoms with Crippen LogP contribution in [0.15, 0.2) is 71.3 Å². The van der Waals surface area contributed by atoms with Gasteiger partial charge in [-0.1, -0.05) is 65.8 Å². The minimum atomic E-state index is -0.159. The number of nitrogens with zero attached hydrogens (tertiary/aromatic N) is 5. The van der Waals surface area contributed by atoms with E-state index in [9.17, 15) is 4.79 Å². The molecular formula is C22H19N5O2. The number of benzene rings is 2. The Morgan fingerprint density at radius 1 is 0.897 bits per heavy atom. The van der Waals surface area contributed by atoms with Gasteiger partial charge in [-0.25, -0.2) is 9.67 Å². The Labute approximate surface area is 167 Å². The van der Waals surface area contributed by atoms with Gasteiger partial charge in [0.1, 0.15) is 11.5 Å². The summed E-state index contributed by atoms with van der Waals surface area (Å²) < 4.78 is 7.23. The fourth-order valence-electron chi connectivity index (χ4n) is 3.49. The molecule has 5 rings (SSSR count). The molecule has 0 N–H and O–H groups in total. The van der Waals surface area contributed by atoms with Crippen LogP contribution in [0.2, 0.25) is 0 Å². The second-order valence-electron chi connectivity index (χ2n) is 6.93. The van der Waals surface area contributed by atoms with Gasteiger partial charge in [-0.15, -0.1) is 0 Å². The molecule has 0 radical (unpaired) electrons. The zero-order valence-electron chi connectivity index (χ0n) is 15.7. The number of amides is 1. The predicted octanol–water partition coefficient (Wildman–Crippen LogP) is 3.30. The van der Waals surface area contributed by atoms with Gasteiger partial charge in [0.15, 0.2) is 5.82 Å². The number of hydrogen-bond donors (Lipinski definition) is 0. The molecule has 1 aliphatic heterocycles. The maximum absolute atomic E-state index is 12.9. The van der Waals surface area contributed by atoms with Crippen molar-refractivity contribution in [3.05, 3.63) is 78.3 Å². The van der Waals surface area contributed by atoms with Gasteiger partial charge >= 0.3 is 0 Å². The predicted molar refractivity (Wildman–Crippen MR) is 107 cm³/mol. The van der Waals surface area contributed by atoms with Crippen molar-refractivity contribution in [2.24, 2.45) is 0 Å². The molecule has 7 nitrogen and oxygen atoms in total. The number of aromatic nitrogens is 4. The Hall–Kier alpha value is -3.74. The van der Waals surface area contributed by atoms with E-state index in [1.165, 1.54) is 0 Å². The van der Waals surface area contributed by atoms with Gasteiger partial charge in [0.05, 0.1) is 6.54 Å². The topological polar surface area (TPSA) is 77.1 Å². The van der Waals surface area contributed by atoms with Gasteiger partial charge < -0.3 is 9.42 Å². The van der Waals surface area contributed by atoms with Crippen LogP contribution in [0.5, 0.6) is 0 Å². The fraction of sp³-hybridized carbons (Fsp3) is 0.182. The molecule has 2 aromatic carbocycles. The standard InChI is InChI=1S/C22H19N5O2/c28-22(19-15-18(25-29-19)16-7-3-1-4-8-16)26-12-11-20-23-21(24-27(20)14-13-26)17-9-5-2-6-10-17/h1-10,15H,11-14H2. The van der Waals surface area contributed by atoms with E-state index in [1.54, 1.807) is 11.0 Å². The van der Waals surface area contributed by atoms with Gasteiger partial charge in [-0.2, -0.15) is 5.10 Å². The van der Waals surface area contributed by atoms with E-state index in [-0.39, 0.29) is 11.7 Å². The lowest BCUT2D eigenvalue weighted by Gasteiger charge is -2.17. The molecular weight excluding hydrogens is 366 g/mol. The van der Waals surface area contributed by atoms with Crippen molar-refractivity contribution in [1.29, 1.82) is 0 Å². The van der Waals surface area contributed by atoms with Crippen LogP contribution >= 0.6 is 0 Å². The lowest BCUT2D eigenvalue weighted by Crippen LogP contribution is -2.33. The third-order valence-corrected chi connectivity index (χ3v) is 5.05. The molecule has 3 heterocycles. The third-order valence-electron chi connectivity index (χ3n) is 5.05. The summed E-state index contributed by atoms with van der Waals surface area (Å²) in [7, 11) is 0. The van der Waals surface area contributed by atoms with E-state index in [0.717, 1.165) is 22.8 Å². The normalized spacial score (nSPS) is 13.7. The first-order valence-electron chi connectivity index (χ1n) is 9.58. The molecule has 0 fully saturated rings. The van der Waals surface area contributed by atoms with Gasteiger partial charge in [0, 0.05) is 36.7 Å². The van der Waals surface area contributed by atoms with E-state index in [4.69, 9.17) is 4.52 Å². The van der Waals surface area contributed by atoms with E-state index in [1.807, 2.05) is 65.3 Å². The molecule has 1 aliphatic rings. The van der Waals surface area contributed by atoms with Crippen molar-refractivity contribution in [3.63, 3.8) is 0 Å². The smallest absolute Gasteiger partial charge is 0.292 e. The van der Waals surface area contributed by atoms with Crippen LogP contribution in [0.3, 0.4) is 0 Å². The first-order valence-corrected chi connectivity index (χ1v) is 9.58. The van der Waals surface area contributed by atoms with Crippen LogP contribution in [-0.2, 0) is 13.0 Å². The van der Waals surface area contributed by atoms with E-state index in [2.05, 4.69) is 15.2 Å². The molecule has 4 aromatic rings.